The minimum atomic E-state index is -0.353. The zero-order chi connectivity index (χ0) is 10.7. The molecule has 0 bridgehead atoms. The van der Waals surface area contributed by atoms with Crippen molar-refractivity contribution in [3.8, 4) is 5.75 Å². The second-order valence-corrected chi connectivity index (χ2v) is 4.54. The van der Waals surface area contributed by atoms with Gasteiger partial charge in [0.1, 0.15) is 11.4 Å². The maximum atomic E-state index is 9.38. The molecule has 1 saturated carbocycles. The third-order valence-corrected chi connectivity index (χ3v) is 3.20. The standard InChI is InChI=1S/C12H15ClO2/c13-10-3-5-11(6-4-10)15-12(9-14)7-1-2-8-12/h3-6,14H,1-2,7-9H2. The number of halogens is 1. The van der Waals surface area contributed by atoms with Gasteiger partial charge in [-0.2, -0.15) is 0 Å². The Morgan fingerprint density at radius 2 is 1.80 bits per heavy atom. The van der Waals surface area contributed by atoms with Crippen LogP contribution < -0.4 is 4.74 Å². The molecule has 2 nitrogen and oxygen atoms in total. The first-order valence-corrected chi connectivity index (χ1v) is 5.67. The molecule has 0 aliphatic heterocycles. The van der Waals surface area contributed by atoms with Gasteiger partial charge in [-0.1, -0.05) is 11.6 Å². The molecule has 0 amide bonds. The number of aliphatic hydroxyl groups excluding tert-OH is 1. The maximum Gasteiger partial charge on any atom is 0.132 e. The topological polar surface area (TPSA) is 29.5 Å². The molecule has 1 aromatic carbocycles. The maximum absolute atomic E-state index is 9.38. The van der Waals surface area contributed by atoms with Gasteiger partial charge in [0.15, 0.2) is 0 Å². The van der Waals surface area contributed by atoms with E-state index < -0.39 is 0 Å². The van der Waals surface area contributed by atoms with E-state index in [9.17, 15) is 5.11 Å². The molecule has 1 aliphatic rings. The lowest BCUT2D eigenvalue weighted by atomic mass is 10.0. The summed E-state index contributed by atoms with van der Waals surface area (Å²) in [5.41, 5.74) is -0.353. The Hall–Kier alpha value is -0.730. The zero-order valence-corrected chi connectivity index (χ0v) is 9.33. The molecule has 1 fully saturated rings. The highest BCUT2D eigenvalue weighted by molar-refractivity contribution is 6.30. The highest BCUT2D eigenvalue weighted by Gasteiger charge is 2.35. The summed E-state index contributed by atoms with van der Waals surface area (Å²) >= 11 is 5.79. The lowest BCUT2D eigenvalue weighted by Crippen LogP contribution is -2.36. The minimum Gasteiger partial charge on any atom is -0.485 e. The van der Waals surface area contributed by atoms with Crippen LogP contribution in [0.1, 0.15) is 25.7 Å². The zero-order valence-electron chi connectivity index (χ0n) is 8.58. The predicted octanol–water partition coefficient (Wildman–Crippen LogP) is 3.02. The largest absolute Gasteiger partial charge is 0.485 e. The van der Waals surface area contributed by atoms with Gasteiger partial charge >= 0.3 is 0 Å². The fourth-order valence-electron chi connectivity index (χ4n) is 2.06. The van der Waals surface area contributed by atoms with E-state index in [0.29, 0.717) is 5.02 Å². The van der Waals surface area contributed by atoms with Crippen molar-refractivity contribution in [1.29, 1.82) is 0 Å². The Bertz CT molecular complexity index is 315. The van der Waals surface area contributed by atoms with Crippen molar-refractivity contribution in [2.24, 2.45) is 0 Å². The number of aliphatic hydroxyl groups is 1. The summed E-state index contributed by atoms with van der Waals surface area (Å²) in [5, 5.41) is 10.1. The normalized spacial score (nSPS) is 19.1. The molecular weight excluding hydrogens is 212 g/mol. The number of benzene rings is 1. The summed E-state index contributed by atoms with van der Waals surface area (Å²) < 4.78 is 5.86. The molecule has 0 heterocycles. The lowest BCUT2D eigenvalue weighted by molar-refractivity contribution is 0.0152. The molecule has 3 heteroatoms. The molecule has 0 saturated heterocycles. The van der Waals surface area contributed by atoms with Crippen LogP contribution in [0.5, 0.6) is 5.75 Å². The summed E-state index contributed by atoms with van der Waals surface area (Å²) in [7, 11) is 0. The van der Waals surface area contributed by atoms with Crippen LogP contribution >= 0.6 is 11.6 Å². The number of rotatable bonds is 3. The molecule has 2 rings (SSSR count). The molecule has 0 atom stereocenters. The van der Waals surface area contributed by atoms with Crippen LogP contribution in [-0.2, 0) is 0 Å². The van der Waals surface area contributed by atoms with Crippen LogP contribution in [-0.4, -0.2) is 17.3 Å². The first-order chi connectivity index (χ1) is 7.24. The van der Waals surface area contributed by atoms with Crippen molar-refractivity contribution in [3.05, 3.63) is 29.3 Å². The summed E-state index contributed by atoms with van der Waals surface area (Å²) in [6.45, 7) is 0.0929. The second-order valence-electron chi connectivity index (χ2n) is 4.10. The monoisotopic (exact) mass is 226 g/mol. The third-order valence-electron chi connectivity index (χ3n) is 2.95. The molecule has 82 valence electrons. The van der Waals surface area contributed by atoms with Gasteiger partial charge in [-0.05, 0) is 49.9 Å². The van der Waals surface area contributed by atoms with Gasteiger partial charge in [-0.3, -0.25) is 0 Å². The molecule has 0 radical (unpaired) electrons. The molecule has 0 spiro atoms. The van der Waals surface area contributed by atoms with E-state index in [1.54, 1.807) is 12.1 Å². The van der Waals surface area contributed by atoms with E-state index in [1.807, 2.05) is 12.1 Å². The highest BCUT2D eigenvalue weighted by atomic mass is 35.5. The molecule has 15 heavy (non-hydrogen) atoms. The lowest BCUT2D eigenvalue weighted by Gasteiger charge is -2.28. The van der Waals surface area contributed by atoms with Crippen molar-refractivity contribution in [3.63, 3.8) is 0 Å². The summed E-state index contributed by atoms with van der Waals surface area (Å²) in [6.07, 6.45) is 4.14. The molecule has 0 unspecified atom stereocenters. The number of hydrogen-bond donors (Lipinski definition) is 1. The van der Waals surface area contributed by atoms with Gasteiger partial charge in [0.2, 0.25) is 0 Å². The average Bonchev–Trinajstić information content (AvgIpc) is 2.71. The molecule has 0 aromatic heterocycles. The fraction of sp³-hybridized carbons (Fsp3) is 0.500. The predicted molar refractivity (Wildman–Crippen MR) is 60.4 cm³/mol. The second kappa shape index (κ2) is 4.42. The minimum absolute atomic E-state index is 0.0929. The van der Waals surface area contributed by atoms with E-state index >= 15 is 0 Å². The van der Waals surface area contributed by atoms with Crippen molar-refractivity contribution < 1.29 is 9.84 Å². The Morgan fingerprint density at radius 1 is 1.20 bits per heavy atom. The number of hydrogen-bond acceptors (Lipinski definition) is 2. The quantitative estimate of drug-likeness (QED) is 0.859. The first kappa shape index (κ1) is 10.8. The van der Waals surface area contributed by atoms with E-state index in [4.69, 9.17) is 16.3 Å². The van der Waals surface area contributed by atoms with Crippen LogP contribution in [0.4, 0.5) is 0 Å². The van der Waals surface area contributed by atoms with Crippen molar-refractivity contribution in [1.82, 2.24) is 0 Å². The number of ether oxygens (including phenoxy) is 1. The van der Waals surface area contributed by atoms with Gasteiger partial charge in [0.25, 0.3) is 0 Å². The smallest absolute Gasteiger partial charge is 0.132 e. The Balaban J connectivity index is 2.09. The Kier molecular flexibility index (Phi) is 3.17. The van der Waals surface area contributed by atoms with E-state index in [-0.39, 0.29) is 12.2 Å². The first-order valence-electron chi connectivity index (χ1n) is 5.30. The van der Waals surface area contributed by atoms with Crippen LogP contribution in [0.2, 0.25) is 5.02 Å². The fourth-order valence-corrected chi connectivity index (χ4v) is 2.19. The van der Waals surface area contributed by atoms with Crippen LogP contribution in [0.3, 0.4) is 0 Å². The van der Waals surface area contributed by atoms with Crippen LogP contribution in [0.25, 0.3) is 0 Å². The highest BCUT2D eigenvalue weighted by Crippen LogP contribution is 2.34. The molecular formula is C12H15ClO2. The summed E-state index contributed by atoms with van der Waals surface area (Å²) in [4.78, 5) is 0. The van der Waals surface area contributed by atoms with Gasteiger partial charge in [0, 0.05) is 5.02 Å². The van der Waals surface area contributed by atoms with E-state index in [2.05, 4.69) is 0 Å². The van der Waals surface area contributed by atoms with Gasteiger partial charge in [0.05, 0.1) is 6.61 Å². The van der Waals surface area contributed by atoms with Crippen molar-refractivity contribution >= 4 is 11.6 Å². The van der Waals surface area contributed by atoms with Crippen LogP contribution in [0.15, 0.2) is 24.3 Å². The average molecular weight is 227 g/mol. The van der Waals surface area contributed by atoms with Crippen LogP contribution in [0, 0.1) is 0 Å². The molecule has 1 N–H and O–H groups in total. The van der Waals surface area contributed by atoms with E-state index in [0.717, 1.165) is 31.4 Å². The Labute approximate surface area is 94.8 Å². The van der Waals surface area contributed by atoms with Crippen molar-refractivity contribution in [2.75, 3.05) is 6.61 Å². The van der Waals surface area contributed by atoms with Crippen molar-refractivity contribution in [2.45, 2.75) is 31.3 Å². The molecule has 1 aliphatic carbocycles. The Morgan fingerprint density at radius 3 is 2.33 bits per heavy atom. The summed E-state index contributed by atoms with van der Waals surface area (Å²) in [6, 6.07) is 7.30. The SMILES string of the molecule is OCC1(Oc2ccc(Cl)cc2)CCCC1. The van der Waals surface area contributed by atoms with Gasteiger partial charge < -0.3 is 9.84 Å². The van der Waals surface area contributed by atoms with E-state index in [1.165, 1.54) is 0 Å². The summed E-state index contributed by atoms with van der Waals surface area (Å²) in [5.74, 6) is 0.787. The third kappa shape index (κ3) is 2.44. The molecule has 1 aromatic rings. The van der Waals surface area contributed by atoms with Gasteiger partial charge in [-0.25, -0.2) is 0 Å². The van der Waals surface area contributed by atoms with Gasteiger partial charge in [-0.15, -0.1) is 0 Å².